The largest absolute Gasteiger partial charge is 0.493 e. The number of aromatic nitrogens is 4. The van der Waals surface area contributed by atoms with Gasteiger partial charge in [0.05, 0.1) is 38.0 Å². The number of nitrogens with one attached hydrogen (secondary N) is 1. The molecule has 2 aromatic heterocycles. The molecular weight excluding hydrogens is 442 g/mol. The Morgan fingerprint density at radius 2 is 2.00 bits per heavy atom. The Bertz CT molecular complexity index is 1230. The molecule has 9 heteroatoms. The quantitative estimate of drug-likeness (QED) is 0.513. The van der Waals surface area contributed by atoms with Gasteiger partial charge >= 0.3 is 0 Å². The molecule has 9 nitrogen and oxygen atoms in total. The summed E-state index contributed by atoms with van der Waals surface area (Å²) in [7, 11) is 1.59. The van der Waals surface area contributed by atoms with E-state index in [9.17, 15) is 10.1 Å². The number of nitrogens with zero attached hydrogens (tertiary/aromatic N) is 6. The molecule has 1 unspecified atom stereocenters. The van der Waals surface area contributed by atoms with Crippen molar-refractivity contribution in [1.29, 1.82) is 5.26 Å². The van der Waals surface area contributed by atoms with Crippen molar-refractivity contribution in [2.24, 2.45) is 11.8 Å². The monoisotopic (exact) mass is 471 g/mol. The summed E-state index contributed by atoms with van der Waals surface area (Å²) >= 11 is 0. The van der Waals surface area contributed by atoms with Gasteiger partial charge in [0, 0.05) is 36.1 Å². The van der Waals surface area contributed by atoms with Crippen molar-refractivity contribution in [2.45, 2.75) is 45.1 Å². The number of anilines is 3. The molecule has 1 amide bonds. The molecule has 180 valence electrons. The zero-order valence-electron chi connectivity index (χ0n) is 19.9. The number of carbonyl (C=O) groups excluding carboxylic acids is 1. The first-order valence-corrected chi connectivity index (χ1v) is 12.2. The third-order valence-electron chi connectivity index (χ3n) is 6.91. The minimum Gasteiger partial charge on any atom is -0.493 e. The highest BCUT2D eigenvalue weighted by atomic mass is 16.5. The predicted molar refractivity (Wildman–Crippen MR) is 132 cm³/mol. The van der Waals surface area contributed by atoms with E-state index in [2.05, 4.69) is 26.5 Å². The molecule has 0 radical (unpaired) electrons. The average molecular weight is 472 g/mol. The molecule has 0 spiro atoms. The van der Waals surface area contributed by atoms with Crippen molar-refractivity contribution in [3.05, 3.63) is 42.9 Å². The molecule has 1 atom stereocenters. The molecule has 1 N–H and O–H groups in total. The summed E-state index contributed by atoms with van der Waals surface area (Å²) in [6, 6.07) is 10.2. The normalized spacial score (nSPS) is 16.9. The number of amides is 1. The first-order chi connectivity index (χ1) is 17.1. The lowest BCUT2D eigenvalue weighted by Crippen LogP contribution is -2.23. The molecule has 1 aliphatic heterocycles. The summed E-state index contributed by atoms with van der Waals surface area (Å²) in [5.74, 6) is 1.56. The standard InChI is InChI=1S/C26H29N7O2/c1-35-23-15-28-26(30-21-8-10-22(11-9-21)33-12-4-7-24(33)34)31-25(23)20-14-29-32(17-20)16-19(13-27)18-5-2-3-6-18/h8-11,14-15,17-19H,2-7,12,16H2,1H3,(H,28,30,31). The van der Waals surface area contributed by atoms with Crippen LogP contribution >= 0.6 is 0 Å². The third-order valence-corrected chi connectivity index (χ3v) is 6.91. The van der Waals surface area contributed by atoms with Crippen LogP contribution in [0.25, 0.3) is 11.3 Å². The molecular formula is C26H29N7O2. The Morgan fingerprint density at radius 3 is 2.69 bits per heavy atom. The lowest BCUT2D eigenvalue weighted by atomic mass is 9.92. The third kappa shape index (κ3) is 4.97. The van der Waals surface area contributed by atoms with Gasteiger partial charge in [-0.25, -0.2) is 9.97 Å². The van der Waals surface area contributed by atoms with E-state index in [1.165, 1.54) is 12.8 Å². The number of carbonyl (C=O) groups is 1. The minimum absolute atomic E-state index is 0.0337. The van der Waals surface area contributed by atoms with Crippen molar-refractivity contribution in [2.75, 3.05) is 23.9 Å². The molecule has 3 heterocycles. The van der Waals surface area contributed by atoms with Gasteiger partial charge in [-0.3, -0.25) is 9.48 Å². The van der Waals surface area contributed by atoms with Crippen LogP contribution in [-0.4, -0.2) is 39.3 Å². The topological polar surface area (TPSA) is 109 Å². The molecule has 2 fully saturated rings. The van der Waals surface area contributed by atoms with Crippen LogP contribution in [-0.2, 0) is 11.3 Å². The molecule has 5 rings (SSSR count). The van der Waals surface area contributed by atoms with Gasteiger partial charge in [-0.2, -0.15) is 10.4 Å². The van der Waals surface area contributed by atoms with Crippen molar-refractivity contribution >= 4 is 23.2 Å². The first kappa shape index (κ1) is 22.8. The minimum atomic E-state index is -0.0337. The van der Waals surface area contributed by atoms with E-state index >= 15 is 0 Å². The van der Waals surface area contributed by atoms with Crippen LogP contribution in [0.4, 0.5) is 17.3 Å². The Hall–Kier alpha value is -3.93. The van der Waals surface area contributed by atoms with E-state index in [0.29, 0.717) is 36.3 Å². The zero-order chi connectivity index (χ0) is 24.2. The van der Waals surface area contributed by atoms with Crippen molar-refractivity contribution in [3.63, 3.8) is 0 Å². The molecule has 1 aliphatic carbocycles. The molecule has 1 saturated heterocycles. The van der Waals surface area contributed by atoms with E-state index in [4.69, 9.17) is 4.74 Å². The van der Waals surface area contributed by atoms with Gasteiger partial charge in [0.15, 0.2) is 5.75 Å². The molecule has 0 bridgehead atoms. The molecule has 1 aromatic carbocycles. The fraction of sp³-hybridized carbons (Fsp3) is 0.423. The van der Waals surface area contributed by atoms with Crippen molar-refractivity contribution < 1.29 is 9.53 Å². The zero-order valence-corrected chi connectivity index (χ0v) is 19.9. The number of methoxy groups -OCH3 is 1. The number of hydrogen-bond donors (Lipinski definition) is 1. The van der Waals surface area contributed by atoms with Crippen LogP contribution in [0.3, 0.4) is 0 Å². The summed E-state index contributed by atoms with van der Waals surface area (Å²) in [6.45, 7) is 1.34. The lowest BCUT2D eigenvalue weighted by Gasteiger charge is -2.16. The molecule has 2 aliphatic rings. The average Bonchev–Trinajstić information content (AvgIpc) is 3.66. The summed E-state index contributed by atoms with van der Waals surface area (Å²) in [5, 5.41) is 17.4. The van der Waals surface area contributed by atoms with Gasteiger partial charge < -0.3 is 15.0 Å². The van der Waals surface area contributed by atoms with Gasteiger partial charge in [0.2, 0.25) is 11.9 Å². The predicted octanol–water partition coefficient (Wildman–Crippen LogP) is 4.55. The Balaban J connectivity index is 1.32. The Labute approximate surface area is 204 Å². The van der Waals surface area contributed by atoms with Crippen molar-refractivity contribution in [1.82, 2.24) is 19.7 Å². The van der Waals surface area contributed by atoms with Crippen LogP contribution in [0.2, 0.25) is 0 Å². The fourth-order valence-corrected chi connectivity index (χ4v) is 5.00. The second-order valence-electron chi connectivity index (χ2n) is 9.16. The second-order valence-corrected chi connectivity index (χ2v) is 9.16. The second kappa shape index (κ2) is 10.1. The summed E-state index contributed by atoms with van der Waals surface area (Å²) < 4.78 is 7.33. The summed E-state index contributed by atoms with van der Waals surface area (Å²) in [6.07, 6.45) is 11.5. The lowest BCUT2D eigenvalue weighted by molar-refractivity contribution is -0.117. The van der Waals surface area contributed by atoms with Crippen LogP contribution in [0.15, 0.2) is 42.9 Å². The van der Waals surface area contributed by atoms with Gasteiger partial charge in [-0.05, 0) is 49.4 Å². The fourth-order valence-electron chi connectivity index (χ4n) is 5.00. The SMILES string of the molecule is COc1cnc(Nc2ccc(N3CCCC3=O)cc2)nc1-c1cnn(CC(C#N)C2CCCC2)c1. The maximum atomic E-state index is 12.0. The number of nitriles is 1. The smallest absolute Gasteiger partial charge is 0.227 e. The van der Waals surface area contributed by atoms with Gasteiger partial charge in [0.1, 0.15) is 5.69 Å². The van der Waals surface area contributed by atoms with E-state index < -0.39 is 0 Å². The van der Waals surface area contributed by atoms with Crippen LogP contribution in [0, 0.1) is 23.2 Å². The van der Waals surface area contributed by atoms with E-state index in [-0.39, 0.29) is 11.8 Å². The number of ether oxygens (including phenoxy) is 1. The van der Waals surface area contributed by atoms with Crippen LogP contribution in [0.1, 0.15) is 38.5 Å². The Kier molecular flexibility index (Phi) is 6.62. The van der Waals surface area contributed by atoms with Gasteiger partial charge in [0.25, 0.3) is 0 Å². The highest BCUT2D eigenvalue weighted by molar-refractivity contribution is 5.95. The van der Waals surface area contributed by atoms with Crippen molar-refractivity contribution in [3.8, 4) is 23.1 Å². The summed E-state index contributed by atoms with van der Waals surface area (Å²) in [5.41, 5.74) is 3.15. The summed E-state index contributed by atoms with van der Waals surface area (Å²) in [4.78, 5) is 22.9. The van der Waals surface area contributed by atoms with Crippen LogP contribution < -0.4 is 15.0 Å². The van der Waals surface area contributed by atoms with Gasteiger partial charge in [-0.1, -0.05) is 12.8 Å². The number of rotatable bonds is 8. The highest BCUT2D eigenvalue weighted by Crippen LogP contribution is 2.33. The van der Waals surface area contributed by atoms with E-state index in [1.807, 2.05) is 40.0 Å². The molecule has 35 heavy (non-hydrogen) atoms. The van der Waals surface area contributed by atoms with Gasteiger partial charge in [-0.15, -0.1) is 0 Å². The van der Waals surface area contributed by atoms with E-state index in [0.717, 1.165) is 42.7 Å². The molecule has 3 aromatic rings. The molecule has 1 saturated carbocycles. The number of benzene rings is 1. The van der Waals surface area contributed by atoms with Crippen LogP contribution in [0.5, 0.6) is 5.75 Å². The maximum absolute atomic E-state index is 12.0. The highest BCUT2D eigenvalue weighted by Gasteiger charge is 2.26. The Morgan fingerprint density at radius 1 is 1.20 bits per heavy atom. The number of hydrogen-bond acceptors (Lipinski definition) is 7. The first-order valence-electron chi connectivity index (χ1n) is 12.2. The maximum Gasteiger partial charge on any atom is 0.227 e. The van der Waals surface area contributed by atoms with E-state index in [1.54, 1.807) is 19.5 Å².